The maximum absolute atomic E-state index is 12.9. The van der Waals surface area contributed by atoms with Crippen LogP contribution in [0.15, 0.2) is 74.7 Å². The van der Waals surface area contributed by atoms with Gasteiger partial charge in [0.25, 0.3) is 5.56 Å². The third kappa shape index (κ3) is 3.82. The van der Waals surface area contributed by atoms with Crippen LogP contribution in [0.5, 0.6) is 11.5 Å². The summed E-state index contributed by atoms with van der Waals surface area (Å²) in [5.41, 5.74) is 2.94. The number of fused-ring (bicyclic) bond motifs is 5. The Hall–Kier alpha value is -3.84. The van der Waals surface area contributed by atoms with Crippen molar-refractivity contribution in [3.63, 3.8) is 0 Å². The summed E-state index contributed by atoms with van der Waals surface area (Å²) >= 11 is 0. The molecule has 4 heterocycles. The van der Waals surface area contributed by atoms with Crippen molar-refractivity contribution >= 4 is 11.0 Å². The van der Waals surface area contributed by atoms with E-state index in [9.17, 15) is 14.7 Å². The minimum Gasteiger partial charge on any atom is -0.507 e. The first kappa shape index (κ1) is 21.7. The largest absolute Gasteiger partial charge is 0.507 e. The van der Waals surface area contributed by atoms with Gasteiger partial charge in [-0.25, -0.2) is 4.79 Å². The summed E-state index contributed by atoms with van der Waals surface area (Å²) in [4.78, 5) is 27.6. The molecule has 7 heteroatoms. The van der Waals surface area contributed by atoms with E-state index in [4.69, 9.17) is 9.15 Å². The molecule has 0 saturated carbocycles. The van der Waals surface area contributed by atoms with E-state index in [1.165, 1.54) is 0 Å². The topological polar surface area (TPSA) is 84.9 Å². The number of nitrogens with zero attached hydrogens (tertiary/aromatic N) is 2. The van der Waals surface area contributed by atoms with Crippen LogP contribution in [0.3, 0.4) is 0 Å². The van der Waals surface area contributed by atoms with Crippen molar-refractivity contribution in [1.29, 1.82) is 0 Å². The smallest absolute Gasteiger partial charge is 0.344 e. The van der Waals surface area contributed by atoms with Gasteiger partial charge in [-0.15, -0.1) is 0 Å². The highest BCUT2D eigenvalue weighted by atomic mass is 16.5. The minimum atomic E-state index is -0.446. The number of hydrogen-bond acceptors (Lipinski definition) is 6. The normalized spacial score (nSPS) is 19.5. The van der Waals surface area contributed by atoms with Gasteiger partial charge < -0.3 is 18.8 Å². The molecule has 1 N–H and O–H groups in total. The number of methoxy groups -OCH3 is 1. The van der Waals surface area contributed by atoms with Crippen LogP contribution in [0.2, 0.25) is 0 Å². The quantitative estimate of drug-likeness (QED) is 0.455. The van der Waals surface area contributed by atoms with Gasteiger partial charge in [0.1, 0.15) is 17.1 Å². The molecule has 2 aliphatic rings. The number of aromatic nitrogens is 1. The van der Waals surface area contributed by atoms with Gasteiger partial charge in [0.05, 0.1) is 18.2 Å². The van der Waals surface area contributed by atoms with Crippen LogP contribution in [0.25, 0.3) is 22.1 Å². The lowest BCUT2D eigenvalue weighted by molar-refractivity contribution is 0.113. The van der Waals surface area contributed by atoms with E-state index in [-0.39, 0.29) is 17.2 Å². The lowest BCUT2D eigenvalue weighted by Crippen LogP contribution is -2.46. The molecule has 0 aliphatic carbocycles. The van der Waals surface area contributed by atoms with Gasteiger partial charge in [0, 0.05) is 49.2 Å². The second-order valence-electron chi connectivity index (χ2n) is 9.55. The molecule has 2 aromatic heterocycles. The molecule has 2 atom stereocenters. The van der Waals surface area contributed by atoms with Crippen molar-refractivity contribution in [3.05, 3.63) is 92.7 Å². The molecule has 1 fully saturated rings. The van der Waals surface area contributed by atoms with Crippen molar-refractivity contribution in [1.82, 2.24) is 9.47 Å². The molecule has 2 aliphatic heterocycles. The SMILES string of the molecule is COc1ccc(-c2cc3ccc(O)c(CN4C[C@H]5C[C@@H](C4)c4cccc(=O)n4C5)c3oc2=O)cc1. The fraction of sp³-hybridized carbons (Fsp3) is 0.286. The lowest BCUT2D eigenvalue weighted by Gasteiger charge is -2.42. The molecule has 0 radical (unpaired) electrons. The third-order valence-corrected chi connectivity index (χ3v) is 7.32. The Morgan fingerprint density at radius 3 is 2.66 bits per heavy atom. The van der Waals surface area contributed by atoms with Crippen LogP contribution >= 0.6 is 0 Å². The van der Waals surface area contributed by atoms with Crippen LogP contribution in [-0.4, -0.2) is 34.8 Å². The Bertz CT molecular complexity index is 1540. The Balaban J connectivity index is 1.34. The Morgan fingerprint density at radius 2 is 1.86 bits per heavy atom. The van der Waals surface area contributed by atoms with Gasteiger partial charge in [-0.05, 0) is 54.3 Å². The van der Waals surface area contributed by atoms with E-state index in [1.807, 2.05) is 34.9 Å². The summed E-state index contributed by atoms with van der Waals surface area (Å²) < 4.78 is 12.9. The predicted molar refractivity (Wildman–Crippen MR) is 133 cm³/mol. The molecule has 35 heavy (non-hydrogen) atoms. The highest BCUT2D eigenvalue weighted by molar-refractivity contribution is 5.85. The van der Waals surface area contributed by atoms with E-state index in [1.54, 1.807) is 37.4 Å². The summed E-state index contributed by atoms with van der Waals surface area (Å²) in [5.74, 6) is 1.46. The zero-order valence-corrected chi connectivity index (χ0v) is 19.4. The second-order valence-corrected chi connectivity index (χ2v) is 9.55. The molecule has 4 aromatic rings. The van der Waals surface area contributed by atoms with Crippen molar-refractivity contribution in [2.45, 2.75) is 25.4 Å². The zero-order chi connectivity index (χ0) is 24.1. The average molecular weight is 471 g/mol. The fourth-order valence-electron chi connectivity index (χ4n) is 5.70. The molecule has 178 valence electrons. The van der Waals surface area contributed by atoms with E-state index in [0.717, 1.165) is 36.2 Å². The zero-order valence-electron chi connectivity index (χ0n) is 19.4. The van der Waals surface area contributed by atoms with E-state index < -0.39 is 5.63 Å². The number of likely N-dealkylation sites (tertiary alicyclic amines) is 1. The van der Waals surface area contributed by atoms with Crippen molar-refractivity contribution in [2.24, 2.45) is 5.92 Å². The summed E-state index contributed by atoms with van der Waals surface area (Å²) in [6.07, 6.45) is 1.06. The number of piperidine rings is 1. The van der Waals surface area contributed by atoms with Crippen LogP contribution in [0.1, 0.15) is 23.6 Å². The van der Waals surface area contributed by atoms with Gasteiger partial charge >= 0.3 is 5.63 Å². The Morgan fingerprint density at radius 1 is 1.03 bits per heavy atom. The number of hydrogen-bond donors (Lipinski definition) is 1. The number of aromatic hydroxyl groups is 1. The van der Waals surface area contributed by atoms with Crippen LogP contribution in [-0.2, 0) is 13.1 Å². The summed E-state index contributed by atoms with van der Waals surface area (Å²) in [6, 6.07) is 18.0. The second kappa shape index (κ2) is 8.43. The molecule has 2 aromatic carbocycles. The van der Waals surface area contributed by atoms with E-state index in [2.05, 4.69) is 4.90 Å². The fourth-order valence-corrected chi connectivity index (χ4v) is 5.70. The van der Waals surface area contributed by atoms with Crippen molar-refractivity contribution in [2.75, 3.05) is 20.2 Å². The molecule has 7 nitrogen and oxygen atoms in total. The molecule has 1 saturated heterocycles. The predicted octanol–water partition coefficient (Wildman–Crippen LogP) is 3.96. The number of phenolic OH excluding ortho intramolecular Hbond substituents is 1. The highest BCUT2D eigenvalue weighted by Crippen LogP contribution is 2.37. The highest BCUT2D eigenvalue weighted by Gasteiger charge is 2.35. The summed E-state index contributed by atoms with van der Waals surface area (Å²) in [5, 5.41) is 11.5. The first-order chi connectivity index (χ1) is 17.0. The van der Waals surface area contributed by atoms with Gasteiger partial charge in [-0.1, -0.05) is 18.2 Å². The Labute approximate surface area is 201 Å². The lowest BCUT2D eigenvalue weighted by atomic mass is 9.83. The molecule has 2 bridgehead atoms. The first-order valence-corrected chi connectivity index (χ1v) is 11.9. The van der Waals surface area contributed by atoms with E-state index in [0.29, 0.717) is 41.5 Å². The van der Waals surface area contributed by atoms with Gasteiger partial charge in [-0.2, -0.15) is 0 Å². The minimum absolute atomic E-state index is 0.0618. The molecular weight excluding hydrogens is 444 g/mol. The van der Waals surface area contributed by atoms with Gasteiger partial charge in [0.2, 0.25) is 0 Å². The third-order valence-electron chi connectivity index (χ3n) is 7.32. The van der Waals surface area contributed by atoms with Gasteiger partial charge in [-0.3, -0.25) is 9.69 Å². The van der Waals surface area contributed by atoms with Crippen molar-refractivity contribution < 1.29 is 14.3 Å². The molecule has 0 spiro atoms. The number of benzene rings is 2. The monoisotopic (exact) mass is 470 g/mol. The molecule has 0 unspecified atom stereocenters. The number of pyridine rings is 1. The van der Waals surface area contributed by atoms with Crippen molar-refractivity contribution in [3.8, 4) is 22.6 Å². The van der Waals surface area contributed by atoms with Crippen LogP contribution in [0, 0.1) is 5.92 Å². The summed E-state index contributed by atoms with van der Waals surface area (Å²) in [7, 11) is 1.60. The maximum Gasteiger partial charge on any atom is 0.344 e. The number of rotatable bonds is 4. The molecular formula is C28H26N2O5. The standard InChI is InChI=1S/C28H26N2O5/c1-34-21-8-5-18(6-9-21)22-12-19-7-10-25(31)23(27(19)35-28(22)33)16-29-13-17-11-20(15-29)24-3-2-4-26(32)30(24)14-17/h2-10,12,17,20,31H,11,13-16H2,1H3/t17-,20+/m1/s1. The molecule has 6 rings (SSSR count). The average Bonchev–Trinajstić information content (AvgIpc) is 2.86. The summed E-state index contributed by atoms with van der Waals surface area (Å²) in [6.45, 7) is 2.78. The number of ether oxygens (including phenoxy) is 1. The Kier molecular flexibility index (Phi) is 5.22. The van der Waals surface area contributed by atoms with Crippen LogP contribution < -0.4 is 15.9 Å². The molecule has 0 amide bonds. The van der Waals surface area contributed by atoms with Gasteiger partial charge in [0.15, 0.2) is 0 Å². The van der Waals surface area contributed by atoms with E-state index >= 15 is 0 Å². The maximum atomic E-state index is 12.9. The number of phenols is 1. The van der Waals surface area contributed by atoms with Crippen LogP contribution in [0.4, 0.5) is 0 Å². The first-order valence-electron chi connectivity index (χ1n) is 11.9.